The van der Waals surface area contributed by atoms with Crippen LogP contribution in [0, 0.1) is 5.82 Å². The zero-order chi connectivity index (χ0) is 22.4. The third-order valence-corrected chi connectivity index (χ3v) is 5.47. The van der Waals surface area contributed by atoms with Gasteiger partial charge in [-0.15, -0.1) is 0 Å². The van der Waals surface area contributed by atoms with Crippen molar-refractivity contribution >= 4 is 21.8 Å². The van der Waals surface area contributed by atoms with Crippen LogP contribution in [-0.4, -0.2) is 38.4 Å². The highest BCUT2D eigenvalue weighted by Gasteiger charge is 2.28. The number of rotatable bonds is 8. The Morgan fingerprint density at radius 3 is 2.20 bits per heavy atom. The fraction of sp³-hybridized carbons (Fsp3) is 0.333. The maximum Gasteiger partial charge on any atom is 0.244 e. The molecule has 0 aromatic heterocycles. The largest absolute Gasteiger partial charge is 0.350 e. The molecular formula is C21H26FN3O4S. The van der Waals surface area contributed by atoms with Gasteiger partial charge in [-0.05, 0) is 44.9 Å². The first-order chi connectivity index (χ1) is 14.0. The van der Waals surface area contributed by atoms with Gasteiger partial charge in [-0.25, -0.2) is 12.8 Å². The van der Waals surface area contributed by atoms with Crippen molar-refractivity contribution in [3.8, 4) is 0 Å². The second-order valence-electron chi connectivity index (χ2n) is 7.81. The lowest BCUT2D eigenvalue weighted by Gasteiger charge is -2.22. The minimum Gasteiger partial charge on any atom is -0.350 e. The maximum absolute atomic E-state index is 14.0. The molecule has 9 heteroatoms. The predicted molar refractivity (Wildman–Crippen MR) is 112 cm³/mol. The van der Waals surface area contributed by atoms with Crippen molar-refractivity contribution in [2.45, 2.75) is 43.7 Å². The van der Waals surface area contributed by atoms with Crippen molar-refractivity contribution < 1.29 is 22.4 Å². The lowest BCUT2D eigenvalue weighted by molar-refractivity contribution is -0.127. The molecule has 0 unspecified atom stereocenters. The van der Waals surface area contributed by atoms with E-state index in [1.165, 1.54) is 12.1 Å². The average molecular weight is 436 g/mol. The van der Waals surface area contributed by atoms with Gasteiger partial charge in [0.2, 0.25) is 21.8 Å². The molecule has 0 aliphatic heterocycles. The number of hydrogen-bond acceptors (Lipinski definition) is 4. The molecule has 0 spiro atoms. The van der Waals surface area contributed by atoms with E-state index in [-0.39, 0.29) is 13.0 Å². The lowest BCUT2D eigenvalue weighted by Crippen LogP contribution is -2.51. The second-order valence-corrected chi connectivity index (χ2v) is 9.49. The third kappa shape index (κ3) is 7.23. The lowest BCUT2D eigenvalue weighted by atomic mass is 10.1. The van der Waals surface area contributed by atoms with Gasteiger partial charge in [0, 0.05) is 5.54 Å². The van der Waals surface area contributed by atoms with Crippen LogP contribution >= 0.6 is 0 Å². The molecule has 0 saturated carbocycles. The van der Waals surface area contributed by atoms with Crippen molar-refractivity contribution in [2.75, 3.05) is 6.54 Å². The van der Waals surface area contributed by atoms with E-state index in [2.05, 4.69) is 15.4 Å². The zero-order valence-corrected chi connectivity index (χ0v) is 17.9. The van der Waals surface area contributed by atoms with Crippen LogP contribution in [0.25, 0.3) is 0 Å². The number of hydrogen-bond donors (Lipinski definition) is 3. The van der Waals surface area contributed by atoms with E-state index in [9.17, 15) is 22.4 Å². The minimum absolute atomic E-state index is 0.0290. The molecule has 2 rings (SSSR count). The second kappa shape index (κ2) is 9.82. The Labute approximate surface area is 176 Å². The van der Waals surface area contributed by atoms with E-state index in [1.807, 2.05) is 0 Å². The smallest absolute Gasteiger partial charge is 0.244 e. The molecule has 0 bridgehead atoms. The molecular weight excluding hydrogens is 409 g/mol. The molecule has 0 saturated heterocycles. The Morgan fingerprint density at radius 1 is 1.00 bits per heavy atom. The van der Waals surface area contributed by atoms with Crippen LogP contribution in [0.15, 0.2) is 59.5 Å². The van der Waals surface area contributed by atoms with Gasteiger partial charge in [-0.2, -0.15) is 4.72 Å². The van der Waals surface area contributed by atoms with E-state index < -0.39 is 44.1 Å². The average Bonchev–Trinajstić information content (AvgIpc) is 2.65. The van der Waals surface area contributed by atoms with E-state index in [4.69, 9.17) is 0 Å². The Morgan fingerprint density at radius 2 is 1.60 bits per heavy atom. The molecule has 0 fully saturated rings. The predicted octanol–water partition coefficient (Wildman–Crippen LogP) is 1.75. The Kier molecular flexibility index (Phi) is 7.69. The van der Waals surface area contributed by atoms with Crippen LogP contribution in [0.2, 0.25) is 0 Å². The van der Waals surface area contributed by atoms with Gasteiger partial charge in [-0.1, -0.05) is 42.5 Å². The highest BCUT2D eigenvalue weighted by atomic mass is 32.2. The monoisotopic (exact) mass is 435 g/mol. The van der Waals surface area contributed by atoms with Gasteiger partial charge in [0.15, 0.2) is 0 Å². The van der Waals surface area contributed by atoms with Crippen LogP contribution in [0.5, 0.6) is 0 Å². The summed E-state index contributed by atoms with van der Waals surface area (Å²) in [5, 5.41) is 5.15. The molecule has 0 heterocycles. The highest BCUT2D eigenvalue weighted by Crippen LogP contribution is 2.15. The molecule has 0 aliphatic rings. The summed E-state index contributed by atoms with van der Waals surface area (Å²) in [6, 6.07) is 12.5. The van der Waals surface area contributed by atoms with Gasteiger partial charge >= 0.3 is 0 Å². The number of halogens is 1. The Balaban J connectivity index is 2.19. The summed E-state index contributed by atoms with van der Waals surface area (Å²) in [5.74, 6) is -2.03. The van der Waals surface area contributed by atoms with Gasteiger partial charge in [-0.3, -0.25) is 9.59 Å². The number of amides is 2. The Hall–Kier alpha value is -2.78. The van der Waals surface area contributed by atoms with Crippen LogP contribution in [0.3, 0.4) is 0 Å². The number of carbonyl (C=O) groups excluding carboxylic acids is 2. The van der Waals surface area contributed by atoms with Crippen LogP contribution < -0.4 is 15.4 Å². The topological polar surface area (TPSA) is 104 Å². The van der Waals surface area contributed by atoms with Gasteiger partial charge in [0.1, 0.15) is 16.8 Å². The molecule has 2 aromatic rings. The summed E-state index contributed by atoms with van der Waals surface area (Å²) in [5.41, 5.74) is 0.227. The molecule has 0 radical (unpaired) electrons. The molecule has 2 aromatic carbocycles. The van der Waals surface area contributed by atoms with Crippen molar-refractivity contribution in [2.24, 2.45) is 0 Å². The van der Waals surface area contributed by atoms with Crippen LogP contribution in [0.1, 0.15) is 26.3 Å². The molecule has 0 aliphatic carbocycles. The molecule has 7 nitrogen and oxygen atoms in total. The first-order valence-electron chi connectivity index (χ1n) is 9.37. The van der Waals surface area contributed by atoms with E-state index in [1.54, 1.807) is 51.1 Å². The van der Waals surface area contributed by atoms with Crippen molar-refractivity contribution in [3.05, 3.63) is 66.0 Å². The molecule has 162 valence electrons. The van der Waals surface area contributed by atoms with Crippen LogP contribution in [-0.2, 0) is 26.0 Å². The number of nitrogens with one attached hydrogen (secondary N) is 3. The fourth-order valence-electron chi connectivity index (χ4n) is 2.70. The summed E-state index contributed by atoms with van der Waals surface area (Å²) in [4.78, 5) is 24.1. The summed E-state index contributed by atoms with van der Waals surface area (Å²) in [7, 11) is -4.31. The standard InChI is InChI=1S/C21H26FN3O4S/c1-21(2,3)24-19(26)14-23-20(27)17(13-15-9-5-4-6-10-15)25-30(28,29)18-12-8-7-11-16(18)22/h4-12,17,25H,13-14H2,1-3H3,(H,23,27)(H,24,26)/t17-/m0/s1. The third-order valence-electron chi connectivity index (χ3n) is 3.96. The molecule has 30 heavy (non-hydrogen) atoms. The molecule has 2 amide bonds. The normalized spacial score (nSPS) is 12.8. The molecule has 3 N–H and O–H groups in total. The fourth-order valence-corrected chi connectivity index (χ4v) is 3.98. The molecule has 1 atom stereocenters. The van der Waals surface area contributed by atoms with E-state index in [0.29, 0.717) is 5.56 Å². The number of benzene rings is 2. The van der Waals surface area contributed by atoms with Crippen molar-refractivity contribution in [3.63, 3.8) is 0 Å². The first-order valence-corrected chi connectivity index (χ1v) is 10.9. The summed E-state index contributed by atoms with van der Waals surface area (Å²) < 4.78 is 41.6. The summed E-state index contributed by atoms with van der Waals surface area (Å²) in [6.45, 7) is 5.08. The van der Waals surface area contributed by atoms with Gasteiger partial charge < -0.3 is 10.6 Å². The van der Waals surface area contributed by atoms with Crippen molar-refractivity contribution in [1.29, 1.82) is 0 Å². The first kappa shape index (κ1) is 23.5. The summed E-state index contributed by atoms with van der Waals surface area (Å²) >= 11 is 0. The van der Waals surface area contributed by atoms with E-state index >= 15 is 0 Å². The Bertz CT molecular complexity index is 989. The van der Waals surface area contributed by atoms with Gasteiger partial charge in [0.25, 0.3) is 0 Å². The number of sulfonamides is 1. The maximum atomic E-state index is 14.0. The zero-order valence-electron chi connectivity index (χ0n) is 17.1. The van der Waals surface area contributed by atoms with Crippen LogP contribution in [0.4, 0.5) is 4.39 Å². The minimum atomic E-state index is -4.31. The quantitative estimate of drug-likeness (QED) is 0.588. The van der Waals surface area contributed by atoms with Crippen molar-refractivity contribution in [1.82, 2.24) is 15.4 Å². The van der Waals surface area contributed by atoms with E-state index in [0.717, 1.165) is 12.1 Å². The SMILES string of the molecule is CC(C)(C)NC(=O)CNC(=O)[C@H](Cc1ccccc1)NS(=O)(=O)c1ccccc1F. The van der Waals surface area contributed by atoms with Gasteiger partial charge in [0.05, 0.1) is 6.54 Å². The number of carbonyl (C=O) groups is 2. The summed E-state index contributed by atoms with van der Waals surface area (Å²) in [6.07, 6.45) is 0.0290. The highest BCUT2D eigenvalue weighted by molar-refractivity contribution is 7.89.